The number of ketones is 1. The molecule has 0 saturated carbocycles. The van der Waals surface area contributed by atoms with Crippen molar-refractivity contribution in [2.75, 3.05) is 0 Å². The van der Waals surface area contributed by atoms with E-state index < -0.39 is 0 Å². The fourth-order valence-corrected chi connectivity index (χ4v) is 3.53. The van der Waals surface area contributed by atoms with Crippen molar-refractivity contribution >= 4 is 14.2 Å². The topological polar surface area (TPSA) is 37.3 Å². The van der Waals surface area contributed by atoms with Crippen LogP contribution in [0.4, 0.5) is 0 Å². The van der Waals surface area contributed by atoms with Crippen LogP contribution in [0.5, 0.6) is 0 Å². The molecule has 0 fully saturated rings. The zero-order valence-corrected chi connectivity index (χ0v) is 16.7. The summed E-state index contributed by atoms with van der Waals surface area (Å²) in [4.78, 5) is 11.3. The number of aliphatic hydroxyl groups is 1. The molecule has 1 N–H and O–H groups in total. The van der Waals surface area contributed by atoms with E-state index in [-0.39, 0.29) is 45.5 Å². The maximum atomic E-state index is 11.3. The number of Topliss-reactive ketones (excluding diaryl/α,β-unsaturated/α-hetero) is 1. The Morgan fingerprint density at radius 1 is 0.917 bits per heavy atom. The Morgan fingerprint density at radius 2 is 1.46 bits per heavy atom. The van der Waals surface area contributed by atoms with Crippen LogP contribution in [0.3, 0.4) is 0 Å². The number of hydrogen-bond acceptors (Lipinski definition) is 2. The van der Waals surface area contributed by atoms with Crippen molar-refractivity contribution in [2.45, 2.75) is 44.6 Å². The van der Waals surface area contributed by atoms with Crippen molar-refractivity contribution < 1.29 is 40.9 Å². The van der Waals surface area contributed by atoms with Crippen LogP contribution in [-0.4, -0.2) is 19.3 Å². The molecule has 4 heteroatoms. The van der Waals surface area contributed by atoms with Crippen LogP contribution in [0.15, 0.2) is 48.5 Å². The van der Waals surface area contributed by atoms with Gasteiger partial charge >= 0.3 is 29.6 Å². The normalized spacial score (nSPS) is 23.1. The molecule has 2 aliphatic rings. The molecule has 2 aromatic rings. The standard InChI is InChI=1S/C10H12O.C10H10O.B.Na.H/c2*1-7-6-10(11)9-5-3-2-4-8(7)9;;;/h2-5,7,10-11H,6H2,1H3;2-5,7H,6H2,1H3;;;/q;;;+1;-1. The molecule has 2 aliphatic carbocycles. The molecule has 0 heterocycles. The summed E-state index contributed by atoms with van der Waals surface area (Å²) >= 11 is 0. The van der Waals surface area contributed by atoms with Gasteiger partial charge in [-0.25, -0.2) is 0 Å². The van der Waals surface area contributed by atoms with Gasteiger partial charge in [0, 0.05) is 20.4 Å². The number of hydrogen-bond donors (Lipinski definition) is 1. The fraction of sp³-hybridized carbons (Fsp3) is 0.350. The molecular formula is C20H23BNaO2. The number of benzene rings is 2. The van der Waals surface area contributed by atoms with E-state index in [4.69, 9.17) is 0 Å². The fourth-order valence-electron chi connectivity index (χ4n) is 3.53. The predicted octanol–water partition coefficient (Wildman–Crippen LogP) is 1.34. The molecule has 0 amide bonds. The van der Waals surface area contributed by atoms with Gasteiger partial charge in [-0.2, -0.15) is 0 Å². The first-order chi connectivity index (χ1) is 10.6. The monoisotopic (exact) mass is 329 g/mol. The minimum Gasteiger partial charge on any atom is -1.00 e. The zero-order valence-electron chi connectivity index (χ0n) is 15.7. The molecule has 3 unspecified atom stereocenters. The minimum atomic E-state index is -0.221. The molecule has 3 radical (unpaired) electrons. The van der Waals surface area contributed by atoms with Crippen molar-refractivity contribution in [3.8, 4) is 0 Å². The molecule has 24 heavy (non-hydrogen) atoms. The second-order valence-corrected chi connectivity index (χ2v) is 6.40. The molecule has 0 saturated heterocycles. The first-order valence-corrected chi connectivity index (χ1v) is 7.97. The van der Waals surface area contributed by atoms with E-state index in [0.29, 0.717) is 24.0 Å². The average molecular weight is 329 g/mol. The Kier molecular flexibility index (Phi) is 7.95. The van der Waals surface area contributed by atoms with Crippen molar-refractivity contribution in [2.24, 2.45) is 0 Å². The third-order valence-corrected chi connectivity index (χ3v) is 4.75. The van der Waals surface area contributed by atoms with Gasteiger partial charge in [0.2, 0.25) is 0 Å². The van der Waals surface area contributed by atoms with E-state index >= 15 is 0 Å². The second-order valence-electron chi connectivity index (χ2n) is 6.40. The summed E-state index contributed by atoms with van der Waals surface area (Å²) in [5.74, 6) is 1.26. The summed E-state index contributed by atoms with van der Waals surface area (Å²) in [5.41, 5.74) is 4.59. The molecule has 2 nitrogen and oxygen atoms in total. The Morgan fingerprint density at radius 3 is 2.04 bits per heavy atom. The van der Waals surface area contributed by atoms with Crippen LogP contribution in [0.25, 0.3) is 0 Å². The molecule has 2 aromatic carbocycles. The summed E-state index contributed by atoms with van der Waals surface area (Å²) in [6, 6.07) is 16.0. The SMILES string of the molecule is CC1CC(=O)c2ccccc21.CC1CC(O)c2ccccc21.[B].[H-].[Na+]. The number of rotatable bonds is 0. The number of carbonyl (C=O) groups excluding carboxylic acids is 1. The van der Waals surface area contributed by atoms with Crippen molar-refractivity contribution in [3.63, 3.8) is 0 Å². The molecular weight excluding hydrogens is 306 g/mol. The predicted molar refractivity (Wildman–Crippen MR) is 95.1 cm³/mol. The largest absolute Gasteiger partial charge is 1.00 e. The van der Waals surface area contributed by atoms with Gasteiger partial charge in [-0.3, -0.25) is 4.79 Å². The average Bonchev–Trinajstić information content (AvgIpc) is 2.99. The van der Waals surface area contributed by atoms with Gasteiger partial charge in [-0.05, 0) is 34.9 Å². The van der Waals surface area contributed by atoms with Gasteiger partial charge in [-0.15, -0.1) is 0 Å². The van der Waals surface area contributed by atoms with Crippen LogP contribution < -0.4 is 29.6 Å². The molecule has 119 valence electrons. The smallest absolute Gasteiger partial charge is 1.00 e. The van der Waals surface area contributed by atoms with E-state index in [9.17, 15) is 9.90 Å². The number of aliphatic hydroxyl groups excluding tert-OH is 1. The summed E-state index contributed by atoms with van der Waals surface area (Å²) in [6.45, 7) is 4.26. The van der Waals surface area contributed by atoms with Crippen LogP contribution in [0.1, 0.15) is 73.1 Å². The van der Waals surface area contributed by atoms with Crippen molar-refractivity contribution in [1.82, 2.24) is 0 Å². The number of carbonyl (C=O) groups is 1. The maximum absolute atomic E-state index is 11.3. The van der Waals surface area contributed by atoms with E-state index in [1.165, 1.54) is 11.1 Å². The molecule has 0 aromatic heterocycles. The Labute approximate surface area is 170 Å². The molecule has 0 spiro atoms. The van der Waals surface area contributed by atoms with Crippen LogP contribution >= 0.6 is 0 Å². The summed E-state index contributed by atoms with van der Waals surface area (Å²) in [5, 5.41) is 9.55. The second kappa shape index (κ2) is 9.01. The van der Waals surface area contributed by atoms with Gasteiger partial charge < -0.3 is 6.53 Å². The zero-order chi connectivity index (χ0) is 15.7. The van der Waals surface area contributed by atoms with E-state index in [1.807, 2.05) is 42.5 Å². The van der Waals surface area contributed by atoms with E-state index in [1.54, 1.807) is 0 Å². The van der Waals surface area contributed by atoms with Crippen LogP contribution in [-0.2, 0) is 0 Å². The Bertz CT molecular complexity index is 681. The third-order valence-electron chi connectivity index (χ3n) is 4.75. The maximum Gasteiger partial charge on any atom is 1.00 e. The van der Waals surface area contributed by atoms with Gasteiger partial charge in [0.05, 0.1) is 6.10 Å². The third kappa shape index (κ3) is 4.21. The molecule has 0 bridgehead atoms. The van der Waals surface area contributed by atoms with Gasteiger partial charge in [0.25, 0.3) is 0 Å². The van der Waals surface area contributed by atoms with E-state index in [2.05, 4.69) is 19.9 Å². The van der Waals surface area contributed by atoms with Gasteiger partial charge in [0.15, 0.2) is 5.78 Å². The first-order valence-electron chi connectivity index (χ1n) is 7.97. The van der Waals surface area contributed by atoms with Gasteiger partial charge in [-0.1, -0.05) is 62.4 Å². The summed E-state index contributed by atoms with van der Waals surface area (Å²) < 4.78 is 0. The van der Waals surface area contributed by atoms with Crippen LogP contribution in [0, 0.1) is 0 Å². The van der Waals surface area contributed by atoms with Crippen molar-refractivity contribution in [3.05, 3.63) is 70.8 Å². The number of fused-ring (bicyclic) bond motifs is 2. The molecule has 4 rings (SSSR count). The Balaban J connectivity index is 0.000000411. The molecule has 3 atom stereocenters. The van der Waals surface area contributed by atoms with Gasteiger partial charge in [0.1, 0.15) is 0 Å². The van der Waals surface area contributed by atoms with E-state index in [0.717, 1.165) is 17.5 Å². The summed E-state index contributed by atoms with van der Waals surface area (Å²) in [6.07, 6.45) is 1.36. The van der Waals surface area contributed by atoms with Crippen molar-refractivity contribution in [1.29, 1.82) is 0 Å². The quantitative estimate of drug-likeness (QED) is 0.741. The van der Waals surface area contributed by atoms with Crippen LogP contribution in [0.2, 0.25) is 0 Å². The first kappa shape index (κ1) is 21.2. The summed E-state index contributed by atoms with van der Waals surface area (Å²) in [7, 11) is 0. The minimum absolute atomic E-state index is 0. The molecule has 0 aliphatic heterocycles. The Hall–Kier alpha value is -0.865.